The van der Waals surface area contributed by atoms with Crippen LogP contribution < -0.4 is 10.5 Å². The lowest BCUT2D eigenvalue weighted by molar-refractivity contribution is 0.844. The van der Waals surface area contributed by atoms with Crippen molar-refractivity contribution in [2.24, 2.45) is 0 Å². The van der Waals surface area contributed by atoms with E-state index in [-0.39, 0.29) is 5.56 Å². The van der Waals surface area contributed by atoms with E-state index in [1.54, 1.807) is 11.3 Å². The van der Waals surface area contributed by atoms with Crippen LogP contribution >= 0.6 is 11.3 Å². The van der Waals surface area contributed by atoms with E-state index in [0.29, 0.717) is 23.5 Å². The van der Waals surface area contributed by atoms with Crippen molar-refractivity contribution in [1.29, 1.82) is 0 Å². The molecule has 3 aromatic rings. The van der Waals surface area contributed by atoms with E-state index in [1.165, 1.54) is 6.20 Å². The van der Waals surface area contributed by atoms with Gasteiger partial charge < -0.3 is 4.90 Å². The van der Waals surface area contributed by atoms with Crippen LogP contribution in [0.3, 0.4) is 0 Å². The predicted molar refractivity (Wildman–Crippen MR) is 73.5 cm³/mol. The molecule has 0 radical (unpaired) electrons. The highest BCUT2D eigenvalue weighted by molar-refractivity contribution is 7.09. The minimum atomic E-state index is -0.199. The fraction of sp³-hybridized carbons (Fsp3) is 0.273. The average molecular weight is 276 g/mol. The van der Waals surface area contributed by atoms with Gasteiger partial charge in [-0.2, -0.15) is 10.1 Å². The Hall–Kier alpha value is -2.22. The van der Waals surface area contributed by atoms with Crippen LogP contribution in [0.1, 0.15) is 10.7 Å². The fourth-order valence-electron chi connectivity index (χ4n) is 1.81. The van der Waals surface area contributed by atoms with E-state index in [4.69, 9.17) is 0 Å². The van der Waals surface area contributed by atoms with Gasteiger partial charge in [-0.1, -0.05) is 0 Å². The number of H-pyrrole nitrogens is 2. The summed E-state index contributed by atoms with van der Waals surface area (Å²) >= 11 is 1.60. The first kappa shape index (κ1) is 11.8. The average Bonchev–Trinajstić information content (AvgIpc) is 2.98. The third-order valence-corrected chi connectivity index (χ3v) is 3.56. The Kier molecular flexibility index (Phi) is 2.79. The normalized spacial score (nSPS) is 11.1. The molecule has 19 heavy (non-hydrogen) atoms. The van der Waals surface area contributed by atoms with Gasteiger partial charge in [-0.25, -0.2) is 4.98 Å². The highest BCUT2D eigenvalue weighted by atomic mass is 32.1. The second-order valence-electron chi connectivity index (χ2n) is 4.24. The van der Waals surface area contributed by atoms with Gasteiger partial charge in [0.15, 0.2) is 5.65 Å². The molecular formula is C11H12N6OS. The summed E-state index contributed by atoms with van der Waals surface area (Å²) in [6.45, 7) is 2.55. The van der Waals surface area contributed by atoms with Gasteiger partial charge in [0.2, 0.25) is 5.95 Å². The molecule has 0 aliphatic rings. The molecule has 98 valence electrons. The largest absolute Gasteiger partial charge is 0.339 e. The highest BCUT2D eigenvalue weighted by Crippen LogP contribution is 2.13. The molecule has 7 nitrogen and oxygen atoms in total. The minimum Gasteiger partial charge on any atom is -0.339 e. The van der Waals surface area contributed by atoms with Gasteiger partial charge in [0, 0.05) is 12.4 Å². The Balaban J connectivity index is 1.92. The zero-order chi connectivity index (χ0) is 13.4. The summed E-state index contributed by atoms with van der Waals surface area (Å²) in [7, 11) is 1.86. The SMILES string of the molecule is Cc1nc(CN(C)c2nc3[nH]ncc3c(=O)[nH]2)cs1. The van der Waals surface area contributed by atoms with Crippen molar-refractivity contribution in [3.63, 3.8) is 0 Å². The Morgan fingerprint density at radius 3 is 3.00 bits per heavy atom. The van der Waals surface area contributed by atoms with E-state index in [2.05, 4.69) is 25.1 Å². The van der Waals surface area contributed by atoms with E-state index in [1.807, 2.05) is 24.3 Å². The monoisotopic (exact) mass is 276 g/mol. The predicted octanol–water partition coefficient (Wildman–Crippen LogP) is 1.05. The van der Waals surface area contributed by atoms with Crippen molar-refractivity contribution in [3.8, 4) is 0 Å². The van der Waals surface area contributed by atoms with Gasteiger partial charge >= 0.3 is 0 Å². The van der Waals surface area contributed by atoms with E-state index >= 15 is 0 Å². The Morgan fingerprint density at radius 2 is 2.26 bits per heavy atom. The van der Waals surface area contributed by atoms with Crippen LogP contribution in [0.15, 0.2) is 16.4 Å². The third kappa shape index (κ3) is 2.22. The summed E-state index contributed by atoms with van der Waals surface area (Å²) in [5.41, 5.74) is 1.24. The number of hydrogen-bond donors (Lipinski definition) is 2. The van der Waals surface area contributed by atoms with Crippen molar-refractivity contribution in [3.05, 3.63) is 32.6 Å². The number of rotatable bonds is 3. The molecule has 3 rings (SSSR count). The van der Waals surface area contributed by atoms with Crippen LogP contribution in [0.4, 0.5) is 5.95 Å². The van der Waals surface area contributed by atoms with Crippen LogP contribution in [0.2, 0.25) is 0 Å². The first-order chi connectivity index (χ1) is 9.13. The molecule has 8 heteroatoms. The van der Waals surface area contributed by atoms with Gasteiger partial charge in [0.05, 0.1) is 23.4 Å². The number of hydrogen-bond acceptors (Lipinski definition) is 6. The second-order valence-corrected chi connectivity index (χ2v) is 5.30. The number of aromatic nitrogens is 5. The number of anilines is 1. The second kappa shape index (κ2) is 4.47. The van der Waals surface area contributed by atoms with Crippen LogP contribution in [0.5, 0.6) is 0 Å². The quantitative estimate of drug-likeness (QED) is 0.746. The van der Waals surface area contributed by atoms with Crippen molar-refractivity contribution in [1.82, 2.24) is 25.1 Å². The first-order valence-electron chi connectivity index (χ1n) is 5.69. The lowest BCUT2D eigenvalue weighted by Crippen LogP contribution is -2.22. The fourth-order valence-corrected chi connectivity index (χ4v) is 2.42. The van der Waals surface area contributed by atoms with Crippen molar-refractivity contribution < 1.29 is 0 Å². The molecule has 0 saturated carbocycles. The number of nitrogens with zero attached hydrogens (tertiary/aromatic N) is 4. The van der Waals surface area contributed by atoms with Gasteiger partial charge in [-0.3, -0.25) is 14.9 Å². The lowest BCUT2D eigenvalue weighted by atomic mass is 10.4. The minimum absolute atomic E-state index is 0.199. The maximum Gasteiger partial charge on any atom is 0.263 e. The molecule has 2 N–H and O–H groups in total. The van der Waals surface area contributed by atoms with E-state index in [0.717, 1.165) is 10.7 Å². The topological polar surface area (TPSA) is 90.6 Å². The summed E-state index contributed by atoms with van der Waals surface area (Å²) in [6, 6.07) is 0. The lowest BCUT2D eigenvalue weighted by Gasteiger charge is -2.15. The molecule has 0 saturated heterocycles. The number of nitrogens with one attached hydrogen (secondary N) is 2. The summed E-state index contributed by atoms with van der Waals surface area (Å²) < 4.78 is 0. The molecule has 0 unspecified atom stereocenters. The van der Waals surface area contributed by atoms with Gasteiger partial charge in [0.1, 0.15) is 5.39 Å². The van der Waals surface area contributed by atoms with Crippen LogP contribution in [0, 0.1) is 6.92 Å². The molecule has 0 aliphatic heterocycles. The standard InChI is InChI=1S/C11H12N6OS/c1-6-13-7(5-19-6)4-17(2)11-14-9-8(3-12-16-9)10(18)15-11/h3,5H,4H2,1-2H3,(H2,12,14,15,16,18). The summed E-state index contributed by atoms with van der Waals surface area (Å²) in [5, 5.41) is 10.00. The molecule has 0 fully saturated rings. The molecule has 0 aliphatic carbocycles. The molecule has 0 spiro atoms. The maximum absolute atomic E-state index is 11.8. The summed E-state index contributed by atoms with van der Waals surface area (Å²) in [4.78, 5) is 25.1. The zero-order valence-corrected chi connectivity index (χ0v) is 11.3. The summed E-state index contributed by atoms with van der Waals surface area (Å²) in [5.74, 6) is 0.493. The van der Waals surface area contributed by atoms with E-state index in [9.17, 15) is 4.79 Å². The number of fused-ring (bicyclic) bond motifs is 1. The maximum atomic E-state index is 11.8. The molecule has 3 aromatic heterocycles. The van der Waals surface area contributed by atoms with E-state index < -0.39 is 0 Å². The number of aryl methyl sites for hydroxylation is 1. The molecule has 3 heterocycles. The molecule has 0 aromatic carbocycles. The van der Waals surface area contributed by atoms with Crippen LogP contribution in [-0.2, 0) is 6.54 Å². The van der Waals surface area contributed by atoms with Crippen molar-refractivity contribution >= 4 is 28.3 Å². The Morgan fingerprint density at radius 1 is 1.42 bits per heavy atom. The Bertz CT molecular complexity index is 773. The zero-order valence-electron chi connectivity index (χ0n) is 10.5. The Labute approximate surface area is 112 Å². The molecule has 0 bridgehead atoms. The summed E-state index contributed by atoms with van der Waals surface area (Å²) in [6.07, 6.45) is 1.47. The van der Waals surface area contributed by atoms with Gasteiger partial charge in [-0.05, 0) is 6.92 Å². The number of aromatic amines is 2. The highest BCUT2D eigenvalue weighted by Gasteiger charge is 2.10. The van der Waals surface area contributed by atoms with Crippen molar-refractivity contribution in [2.75, 3.05) is 11.9 Å². The van der Waals surface area contributed by atoms with Gasteiger partial charge in [-0.15, -0.1) is 11.3 Å². The number of thiazole rings is 1. The first-order valence-corrected chi connectivity index (χ1v) is 6.57. The molecular weight excluding hydrogens is 264 g/mol. The third-order valence-electron chi connectivity index (χ3n) is 2.73. The van der Waals surface area contributed by atoms with Crippen LogP contribution in [-0.4, -0.2) is 32.2 Å². The molecule has 0 amide bonds. The smallest absolute Gasteiger partial charge is 0.263 e. The molecule has 0 atom stereocenters. The van der Waals surface area contributed by atoms with Crippen LogP contribution in [0.25, 0.3) is 11.0 Å². The van der Waals surface area contributed by atoms with Crippen molar-refractivity contribution in [2.45, 2.75) is 13.5 Å². The van der Waals surface area contributed by atoms with Gasteiger partial charge in [0.25, 0.3) is 5.56 Å².